The standard InChI is InChI=1S/C10H18N2/c1-2-12-8-6-10(9-12)5-3-4-7-11-10/h2,11H,1,3-9H2. The normalized spacial score (nSPS) is 35.8. The van der Waals surface area contributed by atoms with E-state index in [1.807, 2.05) is 6.20 Å². The fraction of sp³-hybridized carbons (Fsp3) is 0.800. The smallest absolute Gasteiger partial charge is 0.0373 e. The van der Waals surface area contributed by atoms with Crippen LogP contribution < -0.4 is 5.32 Å². The number of nitrogens with zero attached hydrogens (tertiary/aromatic N) is 1. The minimum absolute atomic E-state index is 0.451. The second-order valence-corrected chi connectivity index (χ2v) is 4.07. The average molecular weight is 166 g/mol. The van der Waals surface area contributed by atoms with Crippen LogP contribution in [0.1, 0.15) is 25.7 Å². The Morgan fingerprint density at radius 1 is 1.33 bits per heavy atom. The maximum absolute atomic E-state index is 3.82. The van der Waals surface area contributed by atoms with Crippen LogP contribution in [0.3, 0.4) is 0 Å². The Hall–Kier alpha value is -0.500. The van der Waals surface area contributed by atoms with E-state index in [0.717, 1.165) is 0 Å². The first kappa shape index (κ1) is 8.11. The molecule has 0 saturated carbocycles. The molecule has 1 atom stereocenters. The molecule has 1 spiro atoms. The molecule has 2 heterocycles. The maximum atomic E-state index is 3.82. The summed E-state index contributed by atoms with van der Waals surface area (Å²) in [5.74, 6) is 0. The number of nitrogens with one attached hydrogen (secondary N) is 1. The highest BCUT2D eigenvalue weighted by molar-refractivity contribution is 5.00. The zero-order valence-electron chi connectivity index (χ0n) is 7.68. The van der Waals surface area contributed by atoms with Crippen molar-refractivity contribution in [3.05, 3.63) is 12.8 Å². The molecule has 0 aromatic carbocycles. The Kier molecular flexibility index (Phi) is 2.09. The highest BCUT2D eigenvalue weighted by Gasteiger charge is 2.37. The zero-order chi connectivity index (χ0) is 8.44. The van der Waals surface area contributed by atoms with Gasteiger partial charge in [-0.25, -0.2) is 0 Å². The Balaban J connectivity index is 1.98. The first-order valence-electron chi connectivity index (χ1n) is 4.96. The maximum Gasteiger partial charge on any atom is 0.0373 e. The molecule has 2 heteroatoms. The van der Waals surface area contributed by atoms with Crippen molar-refractivity contribution >= 4 is 0 Å². The van der Waals surface area contributed by atoms with Crippen molar-refractivity contribution in [3.63, 3.8) is 0 Å². The first-order valence-corrected chi connectivity index (χ1v) is 4.96. The third-order valence-electron chi connectivity index (χ3n) is 3.22. The number of hydrogen-bond acceptors (Lipinski definition) is 2. The Morgan fingerprint density at radius 3 is 2.83 bits per heavy atom. The second-order valence-electron chi connectivity index (χ2n) is 4.07. The molecule has 2 aliphatic rings. The summed E-state index contributed by atoms with van der Waals surface area (Å²) in [7, 11) is 0. The molecule has 0 aromatic heterocycles. The van der Waals surface area contributed by atoms with Crippen LogP contribution in [0.15, 0.2) is 12.8 Å². The average Bonchev–Trinajstić information content (AvgIpc) is 2.50. The molecular formula is C10H18N2. The molecule has 1 unspecified atom stereocenters. The van der Waals surface area contributed by atoms with Crippen LogP contribution in [0.25, 0.3) is 0 Å². The van der Waals surface area contributed by atoms with Gasteiger partial charge >= 0.3 is 0 Å². The van der Waals surface area contributed by atoms with Gasteiger partial charge in [0, 0.05) is 18.6 Å². The van der Waals surface area contributed by atoms with Crippen LogP contribution in [-0.4, -0.2) is 30.1 Å². The lowest BCUT2D eigenvalue weighted by molar-refractivity contribution is 0.260. The molecule has 2 fully saturated rings. The Bertz CT molecular complexity index is 171. The van der Waals surface area contributed by atoms with Gasteiger partial charge in [-0.1, -0.05) is 13.0 Å². The summed E-state index contributed by atoms with van der Waals surface area (Å²) >= 11 is 0. The van der Waals surface area contributed by atoms with E-state index < -0.39 is 0 Å². The fourth-order valence-electron chi connectivity index (χ4n) is 2.44. The summed E-state index contributed by atoms with van der Waals surface area (Å²) < 4.78 is 0. The number of hydrogen-bond donors (Lipinski definition) is 1. The monoisotopic (exact) mass is 166 g/mol. The van der Waals surface area contributed by atoms with Gasteiger partial charge < -0.3 is 10.2 Å². The van der Waals surface area contributed by atoms with E-state index in [1.165, 1.54) is 45.3 Å². The van der Waals surface area contributed by atoms with E-state index in [-0.39, 0.29) is 0 Å². The molecule has 0 amide bonds. The fourth-order valence-corrected chi connectivity index (χ4v) is 2.44. The van der Waals surface area contributed by atoms with Crippen molar-refractivity contribution in [1.29, 1.82) is 0 Å². The molecule has 0 aliphatic carbocycles. The van der Waals surface area contributed by atoms with Crippen molar-refractivity contribution in [2.75, 3.05) is 19.6 Å². The number of likely N-dealkylation sites (tertiary alicyclic amines) is 1. The van der Waals surface area contributed by atoms with Gasteiger partial charge in [-0.3, -0.25) is 0 Å². The summed E-state index contributed by atoms with van der Waals surface area (Å²) in [6.07, 6.45) is 7.40. The van der Waals surface area contributed by atoms with E-state index in [0.29, 0.717) is 5.54 Å². The Labute approximate surface area is 74.6 Å². The molecule has 1 N–H and O–H groups in total. The van der Waals surface area contributed by atoms with Gasteiger partial charge in [0.1, 0.15) is 0 Å². The predicted molar refractivity (Wildman–Crippen MR) is 51.0 cm³/mol. The summed E-state index contributed by atoms with van der Waals surface area (Å²) in [5, 5.41) is 3.67. The van der Waals surface area contributed by atoms with Crippen molar-refractivity contribution in [2.24, 2.45) is 0 Å². The van der Waals surface area contributed by atoms with Crippen molar-refractivity contribution < 1.29 is 0 Å². The molecule has 0 radical (unpaired) electrons. The van der Waals surface area contributed by atoms with Gasteiger partial charge in [0.05, 0.1) is 0 Å². The lowest BCUT2D eigenvalue weighted by atomic mass is 9.88. The molecule has 12 heavy (non-hydrogen) atoms. The van der Waals surface area contributed by atoms with E-state index in [9.17, 15) is 0 Å². The molecule has 2 saturated heterocycles. The largest absolute Gasteiger partial charge is 0.376 e. The van der Waals surface area contributed by atoms with E-state index in [2.05, 4.69) is 16.8 Å². The summed E-state index contributed by atoms with van der Waals surface area (Å²) in [6, 6.07) is 0. The third-order valence-corrected chi connectivity index (χ3v) is 3.22. The minimum atomic E-state index is 0.451. The summed E-state index contributed by atoms with van der Waals surface area (Å²) in [4.78, 5) is 2.33. The second kappa shape index (κ2) is 3.09. The SMILES string of the molecule is C=CN1CCC2(CCCCN2)C1. The van der Waals surface area contributed by atoms with Crippen molar-refractivity contribution in [3.8, 4) is 0 Å². The molecule has 2 nitrogen and oxygen atoms in total. The van der Waals surface area contributed by atoms with Gasteiger partial charge in [-0.15, -0.1) is 0 Å². The van der Waals surface area contributed by atoms with Crippen LogP contribution in [0.2, 0.25) is 0 Å². The minimum Gasteiger partial charge on any atom is -0.376 e. The number of piperidine rings is 1. The van der Waals surface area contributed by atoms with Gasteiger partial charge in [-0.05, 0) is 32.0 Å². The summed E-state index contributed by atoms with van der Waals surface area (Å²) in [6.45, 7) is 7.40. The number of rotatable bonds is 1. The van der Waals surface area contributed by atoms with E-state index in [4.69, 9.17) is 0 Å². The highest BCUT2D eigenvalue weighted by atomic mass is 15.2. The van der Waals surface area contributed by atoms with Crippen LogP contribution in [0.4, 0.5) is 0 Å². The van der Waals surface area contributed by atoms with Gasteiger partial charge in [-0.2, -0.15) is 0 Å². The van der Waals surface area contributed by atoms with Crippen molar-refractivity contribution in [1.82, 2.24) is 10.2 Å². The van der Waals surface area contributed by atoms with E-state index in [1.54, 1.807) is 0 Å². The van der Waals surface area contributed by atoms with Gasteiger partial charge in [0.2, 0.25) is 0 Å². The molecule has 0 aromatic rings. The van der Waals surface area contributed by atoms with Gasteiger partial charge in [0.25, 0.3) is 0 Å². The summed E-state index contributed by atoms with van der Waals surface area (Å²) in [5.41, 5.74) is 0.451. The lowest BCUT2D eigenvalue weighted by Gasteiger charge is -2.34. The van der Waals surface area contributed by atoms with Crippen molar-refractivity contribution in [2.45, 2.75) is 31.2 Å². The van der Waals surface area contributed by atoms with Crippen LogP contribution >= 0.6 is 0 Å². The van der Waals surface area contributed by atoms with Crippen LogP contribution in [-0.2, 0) is 0 Å². The van der Waals surface area contributed by atoms with Crippen LogP contribution in [0.5, 0.6) is 0 Å². The molecule has 2 rings (SSSR count). The highest BCUT2D eigenvalue weighted by Crippen LogP contribution is 2.29. The molecule has 0 bridgehead atoms. The third kappa shape index (κ3) is 1.36. The van der Waals surface area contributed by atoms with Gasteiger partial charge in [0.15, 0.2) is 0 Å². The molecular weight excluding hydrogens is 148 g/mol. The quantitative estimate of drug-likeness (QED) is 0.632. The molecule has 2 aliphatic heterocycles. The Morgan fingerprint density at radius 2 is 2.25 bits per heavy atom. The molecule has 68 valence electrons. The first-order chi connectivity index (χ1) is 5.85. The zero-order valence-corrected chi connectivity index (χ0v) is 7.68. The predicted octanol–water partition coefficient (Wildman–Crippen LogP) is 1.35. The van der Waals surface area contributed by atoms with E-state index >= 15 is 0 Å². The lowest BCUT2D eigenvalue weighted by Crippen LogP contribution is -2.49. The topological polar surface area (TPSA) is 15.3 Å². The van der Waals surface area contributed by atoms with Crippen LogP contribution in [0, 0.1) is 0 Å².